The second-order valence-corrected chi connectivity index (χ2v) is 4.80. The molecule has 1 N–H and O–H groups in total. The maximum Gasteiger partial charge on any atom is 0.311 e. The van der Waals surface area contributed by atoms with Crippen molar-refractivity contribution in [3.05, 3.63) is 0 Å². The highest BCUT2D eigenvalue weighted by Gasteiger charge is 2.47. The molecule has 1 aliphatic carbocycles. The summed E-state index contributed by atoms with van der Waals surface area (Å²) in [7, 11) is 1.37. The summed E-state index contributed by atoms with van der Waals surface area (Å²) in [6, 6.07) is 0.656. The third-order valence-electron chi connectivity index (χ3n) is 3.73. The molecule has 2 rings (SSSR count). The average Bonchev–Trinajstić information content (AvgIpc) is 3.01. The van der Waals surface area contributed by atoms with Crippen molar-refractivity contribution in [2.75, 3.05) is 20.2 Å². The van der Waals surface area contributed by atoms with Crippen molar-refractivity contribution < 1.29 is 14.6 Å². The number of likely N-dealkylation sites (tertiary alicyclic amines) is 1. The van der Waals surface area contributed by atoms with E-state index in [9.17, 15) is 9.90 Å². The molecule has 15 heavy (non-hydrogen) atoms. The summed E-state index contributed by atoms with van der Waals surface area (Å²) < 4.78 is 4.68. The predicted octanol–water partition coefficient (Wildman–Crippen LogP) is 0.395. The molecule has 1 saturated carbocycles. The van der Waals surface area contributed by atoms with Gasteiger partial charge in [-0.2, -0.15) is 0 Å². The molecular weight excluding hydrogens is 194 g/mol. The Balaban J connectivity index is 1.98. The lowest BCUT2D eigenvalue weighted by Crippen LogP contribution is -2.44. The van der Waals surface area contributed by atoms with E-state index in [1.807, 2.05) is 0 Å². The van der Waals surface area contributed by atoms with Crippen LogP contribution in [-0.2, 0) is 9.53 Å². The number of hydrogen-bond donors (Lipinski definition) is 1. The fraction of sp³-hybridized carbons (Fsp3) is 0.909. The molecular formula is C11H19NO3. The van der Waals surface area contributed by atoms with Crippen LogP contribution in [0.1, 0.15) is 26.2 Å². The number of β-amino-alcohol motifs (C(OH)–C–C–N with tert-alkyl or cyclic N) is 1. The maximum atomic E-state index is 11.4. The van der Waals surface area contributed by atoms with Crippen molar-refractivity contribution in [3.8, 4) is 0 Å². The molecule has 0 spiro atoms. The molecule has 0 aromatic rings. The molecule has 2 unspecified atom stereocenters. The molecule has 2 aliphatic rings. The van der Waals surface area contributed by atoms with Crippen LogP contribution >= 0.6 is 0 Å². The van der Waals surface area contributed by atoms with Gasteiger partial charge in [0, 0.05) is 19.1 Å². The van der Waals surface area contributed by atoms with Gasteiger partial charge in [0.2, 0.25) is 0 Å². The quantitative estimate of drug-likeness (QED) is 0.689. The van der Waals surface area contributed by atoms with E-state index in [1.165, 1.54) is 20.0 Å². The number of esters is 1. The number of rotatable bonds is 3. The minimum Gasteiger partial charge on any atom is -0.469 e. The Morgan fingerprint density at radius 1 is 1.60 bits per heavy atom. The molecule has 0 amide bonds. The number of aliphatic hydroxyl groups is 1. The molecule has 86 valence electrons. The van der Waals surface area contributed by atoms with Crippen LogP contribution in [0, 0.1) is 5.92 Å². The second kappa shape index (κ2) is 3.76. The largest absolute Gasteiger partial charge is 0.469 e. The van der Waals surface area contributed by atoms with Crippen LogP contribution in [0.15, 0.2) is 0 Å². The van der Waals surface area contributed by atoms with Gasteiger partial charge in [-0.05, 0) is 26.2 Å². The van der Waals surface area contributed by atoms with E-state index in [-0.39, 0.29) is 5.97 Å². The van der Waals surface area contributed by atoms with Gasteiger partial charge in [-0.15, -0.1) is 0 Å². The lowest BCUT2D eigenvalue weighted by Gasteiger charge is -2.28. The van der Waals surface area contributed by atoms with Gasteiger partial charge in [0.25, 0.3) is 0 Å². The lowest BCUT2D eigenvalue weighted by atomic mass is 9.88. The Labute approximate surface area is 90.2 Å². The predicted molar refractivity (Wildman–Crippen MR) is 55.3 cm³/mol. The van der Waals surface area contributed by atoms with E-state index in [1.54, 1.807) is 6.92 Å². The van der Waals surface area contributed by atoms with Gasteiger partial charge >= 0.3 is 5.97 Å². The summed E-state index contributed by atoms with van der Waals surface area (Å²) in [5.74, 6) is -0.735. The van der Waals surface area contributed by atoms with Gasteiger partial charge in [-0.25, -0.2) is 0 Å². The van der Waals surface area contributed by atoms with Crippen LogP contribution < -0.4 is 0 Å². The summed E-state index contributed by atoms with van der Waals surface area (Å²) >= 11 is 0. The Bertz CT molecular complexity index is 265. The van der Waals surface area contributed by atoms with Crippen molar-refractivity contribution in [2.45, 2.75) is 37.8 Å². The van der Waals surface area contributed by atoms with E-state index in [0.717, 1.165) is 6.54 Å². The van der Waals surface area contributed by atoms with Crippen LogP contribution in [0.3, 0.4) is 0 Å². The van der Waals surface area contributed by atoms with Crippen LogP contribution in [0.4, 0.5) is 0 Å². The number of nitrogens with zero attached hydrogens (tertiary/aromatic N) is 1. The first-order valence-electron chi connectivity index (χ1n) is 5.61. The van der Waals surface area contributed by atoms with Crippen molar-refractivity contribution in [1.29, 1.82) is 0 Å². The van der Waals surface area contributed by atoms with Crippen LogP contribution in [0.2, 0.25) is 0 Å². The second-order valence-electron chi connectivity index (χ2n) is 4.80. The normalized spacial score (nSPS) is 34.1. The zero-order valence-electron chi connectivity index (χ0n) is 9.40. The molecule has 2 atom stereocenters. The van der Waals surface area contributed by atoms with E-state index >= 15 is 0 Å². The number of ether oxygens (including phenoxy) is 1. The Kier molecular flexibility index (Phi) is 2.73. The van der Waals surface area contributed by atoms with E-state index in [4.69, 9.17) is 0 Å². The van der Waals surface area contributed by atoms with Crippen molar-refractivity contribution in [3.63, 3.8) is 0 Å². The SMILES string of the molecule is COC(=O)C(C)C1(O)CCN(C2CC2)C1. The molecule has 0 aromatic carbocycles. The van der Waals surface area contributed by atoms with Crippen LogP contribution in [0.5, 0.6) is 0 Å². The molecule has 0 aromatic heterocycles. The molecule has 0 radical (unpaired) electrons. The third kappa shape index (κ3) is 2.01. The average molecular weight is 213 g/mol. The molecule has 1 saturated heterocycles. The fourth-order valence-electron chi connectivity index (χ4n) is 2.35. The highest BCUT2D eigenvalue weighted by atomic mass is 16.5. The topological polar surface area (TPSA) is 49.8 Å². The molecule has 1 aliphatic heterocycles. The molecule has 2 fully saturated rings. The summed E-state index contributed by atoms with van der Waals surface area (Å²) in [5.41, 5.74) is -0.879. The van der Waals surface area contributed by atoms with Gasteiger partial charge in [-0.3, -0.25) is 9.69 Å². The number of hydrogen-bond acceptors (Lipinski definition) is 4. The van der Waals surface area contributed by atoms with Gasteiger partial charge in [0.1, 0.15) is 0 Å². The van der Waals surface area contributed by atoms with Crippen molar-refractivity contribution in [2.24, 2.45) is 5.92 Å². The first-order chi connectivity index (χ1) is 7.07. The monoisotopic (exact) mass is 213 g/mol. The summed E-state index contributed by atoms with van der Waals surface area (Å²) in [4.78, 5) is 13.7. The van der Waals surface area contributed by atoms with Gasteiger partial charge in [-0.1, -0.05) is 0 Å². The molecule has 4 heteroatoms. The lowest BCUT2D eigenvalue weighted by molar-refractivity contribution is -0.153. The van der Waals surface area contributed by atoms with E-state index in [2.05, 4.69) is 9.64 Å². The Hall–Kier alpha value is -0.610. The zero-order chi connectivity index (χ0) is 11.1. The first kappa shape index (κ1) is 10.9. The molecule has 0 bridgehead atoms. The minimum atomic E-state index is -0.879. The first-order valence-corrected chi connectivity index (χ1v) is 5.61. The van der Waals surface area contributed by atoms with Gasteiger partial charge in [0.05, 0.1) is 18.6 Å². The summed E-state index contributed by atoms with van der Waals surface area (Å²) in [6.07, 6.45) is 3.16. The Morgan fingerprint density at radius 3 is 2.80 bits per heavy atom. The zero-order valence-corrected chi connectivity index (χ0v) is 9.40. The summed E-state index contributed by atoms with van der Waals surface area (Å²) in [5, 5.41) is 10.4. The Morgan fingerprint density at radius 2 is 2.27 bits per heavy atom. The van der Waals surface area contributed by atoms with Gasteiger partial charge in [0.15, 0.2) is 0 Å². The number of methoxy groups -OCH3 is 1. The number of carbonyl (C=O) groups excluding carboxylic acids is 1. The van der Waals surface area contributed by atoms with Crippen molar-refractivity contribution in [1.82, 2.24) is 4.90 Å². The van der Waals surface area contributed by atoms with Crippen LogP contribution in [-0.4, -0.2) is 47.8 Å². The molecule has 1 heterocycles. The highest BCUT2D eigenvalue weighted by molar-refractivity contribution is 5.73. The third-order valence-corrected chi connectivity index (χ3v) is 3.73. The van der Waals surface area contributed by atoms with E-state index < -0.39 is 11.5 Å². The highest BCUT2D eigenvalue weighted by Crippen LogP contribution is 2.36. The summed E-state index contributed by atoms with van der Waals surface area (Å²) in [6.45, 7) is 3.28. The number of carbonyl (C=O) groups is 1. The smallest absolute Gasteiger partial charge is 0.311 e. The molecule has 4 nitrogen and oxygen atoms in total. The fourth-order valence-corrected chi connectivity index (χ4v) is 2.35. The maximum absolute atomic E-state index is 11.4. The van der Waals surface area contributed by atoms with E-state index in [0.29, 0.717) is 19.0 Å². The van der Waals surface area contributed by atoms with Crippen LogP contribution in [0.25, 0.3) is 0 Å². The standard InChI is InChI=1S/C11H19NO3/c1-8(10(13)15-2)11(14)5-6-12(7-11)9-3-4-9/h8-9,14H,3-7H2,1-2H3. The van der Waals surface area contributed by atoms with Crippen molar-refractivity contribution >= 4 is 5.97 Å². The minimum absolute atomic E-state index is 0.310. The van der Waals surface area contributed by atoms with Gasteiger partial charge < -0.3 is 9.84 Å².